The van der Waals surface area contributed by atoms with Crippen LogP contribution < -0.4 is 4.90 Å². The van der Waals surface area contributed by atoms with Crippen LogP contribution in [-0.4, -0.2) is 35.9 Å². The lowest BCUT2D eigenvalue weighted by atomic mass is 10.4. The normalized spacial score (nSPS) is 13.9. The Kier molecular flexibility index (Phi) is 2.45. The molecule has 15 heavy (non-hydrogen) atoms. The lowest BCUT2D eigenvalue weighted by Gasteiger charge is -2.20. The van der Waals surface area contributed by atoms with Crippen LogP contribution in [0.15, 0.2) is 12.1 Å². The first-order valence-electron chi connectivity index (χ1n) is 4.87. The third-order valence-corrected chi connectivity index (χ3v) is 2.22. The number of esters is 1. The van der Waals surface area contributed by atoms with Gasteiger partial charge in [-0.2, -0.15) is 5.10 Å². The van der Waals surface area contributed by atoms with E-state index in [1.807, 2.05) is 24.2 Å². The van der Waals surface area contributed by atoms with Crippen molar-refractivity contribution in [2.45, 2.75) is 6.92 Å². The van der Waals surface area contributed by atoms with Gasteiger partial charge in [-0.15, -0.1) is 0 Å². The number of hydrogen-bond acceptors (Lipinski definition) is 4. The van der Waals surface area contributed by atoms with Gasteiger partial charge >= 0.3 is 5.97 Å². The van der Waals surface area contributed by atoms with E-state index in [9.17, 15) is 4.79 Å². The van der Waals surface area contributed by atoms with Gasteiger partial charge in [0, 0.05) is 25.9 Å². The molecule has 1 aromatic heterocycles. The Labute approximate surface area is 87.9 Å². The summed E-state index contributed by atoms with van der Waals surface area (Å²) < 4.78 is 6.56. The largest absolute Gasteiger partial charge is 0.461 e. The van der Waals surface area contributed by atoms with Gasteiger partial charge < -0.3 is 9.64 Å². The molecule has 2 rings (SSSR count). The summed E-state index contributed by atoms with van der Waals surface area (Å²) in [6.07, 6.45) is 3.83. The Morgan fingerprint density at radius 3 is 3.13 bits per heavy atom. The van der Waals surface area contributed by atoms with Crippen molar-refractivity contribution in [3.63, 3.8) is 0 Å². The molecule has 80 valence electrons. The van der Waals surface area contributed by atoms with E-state index in [2.05, 4.69) is 5.10 Å². The maximum absolute atomic E-state index is 11.4. The van der Waals surface area contributed by atoms with Crippen LogP contribution in [-0.2, 0) is 4.74 Å². The molecule has 5 nitrogen and oxygen atoms in total. The molecule has 0 aromatic carbocycles. The third kappa shape index (κ3) is 1.72. The quantitative estimate of drug-likeness (QED) is 0.678. The average Bonchev–Trinajstić information content (AvgIpc) is 2.63. The zero-order valence-corrected chi connectivity index (χ0v) is 8.80. The van der Waals surface area contributed by atoms with Crippen LogP contribution in [0.25, 0.3) is 6.20 Å². The number of likely N-dealkylation sites (N-methyl/N-ethyl adjacent to an activating group) is 1. The van der Waals surface area contributed by atoms with Gasteiger partial charge in [0.2, 0.25) is 0 Å². The molecule has 0 amide bonds. The van der Waals surface area contributed by atoms with Crippen LogP contribution in [0.1, 0.15) is 17.4 Å². The molecular weight excluding hydrogens is 194 g/mol. The highest BCUT2D eigenvalue weighted by atomic mass is 16.5. The maximum Gasteiger partial charge on any atom is 0.358 e. The molecule has 0 aliphatic carbocycles. The molecule has 0 atom stereocenters. The summed E-state index contributed by atoms with van der Waals surface area (Å²) in [6, 6.07) is 1.74. The molecule has 2 heterocycles. The minimum absolute atomic E-state index is 0.352. The number of anilines is 1. The topological polar surface area (TPSA) is 47.4 Å². The van der Waals surface area contributed by atoms with Crippen LogP contribution in [0.5, 0.6) is 0 Å². The Morgan fingerprint density at radius 2 is 2.47 bits per heavy atom. The lowest BCUT2D eigenvalue weighted by molar-refractivity contribution is 0.0519. The van der Waals surface area contributed by atoms with Gasteiger partial charge in [-0.3, -0.25) is 0 Å². The van der Waals surface area contributed by atoms with Crippen molar-refractivity contribution in [2.24, 2.45) is 0 Å². The fraction of sp³-hybridized carbons (Fsp3) is 0.400. The van der Waals surface area contributed by atoms with Crippen molar-refractivity contribution >= 4 is 18.0 Å². The number of hydrogen-bond donors (Lipinski definition) is 0. The van der Waals surface area contributed by atoms with Crippen LogP contribution in [0.4, 0.5) is 5.82 Å². The summed E-state index contributed by atoms with van der Waals surface area (Å²) in [5.41, 5.74) is 0.352. The minimum atomic E-state index is -0.374. The number of carbonyl (C=O) groups is 1. The number of ether oxygens (including phenoxy) is 1. The van der Waals surface area contributed by atoms with Gasteiger partial charge in [0.1, 0.15) is 5.82 Å². The standard InChI is InChI=1S/C10H13N3O2/c1-3-15-10(14)8-7-9-12(2)5-4-6-13(9)11-8/h4,6-7H,3,5H2,1-2H3. The molecular formula is C10H13N3O2. The highest BCUT2D eigenvalue weighted by Crippen LogP contribution is 2.19. The van der Waals surface area contributed by atoms with Crippen LogP contribution >= 0.6 is 0 Å². The average molecular weight is 207 g/mol. The smallest absolute Gasteiger partial charge is 0.358 e. The number of nitrogens with zero attached hydrogens (tertiary/aromatic N) is 3. The summed E-state index contributed by atoms with van der Waals surface area (Å²) in [5, 5.41) is 4.13. The van der Waals surface area contributed by atoms with Crippen molar-refractivity contribution in [2.75, 3.05) is 25.1 Å². The fourth-order valence-corrected chi connectivity index (χ4v) is 1.48. The molecule has 0 fully saturated rings. The first-order valence-corrected chi connectivity index (χ1v) is 4.87. The van der Waals surface area contributed by atoms with E-state index in [-0.39, 0.29) is 5.97 Å². The predicted molar refractivity (Wildman–Crippen MR) is 56.8 cm³/mol. The minimum Gasteiger partial charge on any atom is -0.461 e. The van der Waals surface area contributed by atoms with Crippen molar-refractivity contribution in [3.8, 4) is 0 Å². The molecule has 0 saturated heterocycles. The van der Waals surface area contributed by atoms with Crippen molar-refractivity contribution in [1.29, 1.82) is 0 Å². The summed E-state index contributed by atoms with van der Waals surface area (Å²) in [5.74, 6) is 0.529. The number of carbonyl (C=O) groups excluding carboxylic acids is 1. The molecule has 5 heteroatoms. The Hall–Kier alpha value is -1.78. The van der Waals surface area contributed by atoms with Gasteiger partial charge in [-0.1, -0.05) is 0 Å². The van der Waals surface area contributed by atoms with E-state index < -0.39 is 0 Å². The summed E-state index contributed by atoms with van der Waals surface area (Å²) in [4.78, 5) is 13.4. The summed E-state index contributed by atoms with van der Waals surface area (Å²) in [7, 11) is 1.95. The number of fused-ring (bicyclic) bond motifs is 1. The second-order valence-electron chi connectivity index (χ2n) is 3.32. The molecule has 0 saturated carbocycles. The van der Waals surface area contributed by atoms with Gasteiger partial charge in [0.15, 0.2) is 5.69 Å². The number of aromatic nitrogens is 2. The molecule has 0 spiro atoms. The zero-order valence-electron chi connectivity index (χ0n) is 8.80. The van der Waals surface area contributed by atoms with E-state index >= 15 is 0 Å². The molecule has 1 aliphatic rings. The maximum atomic E-state index is 11.4. The highest BCUT2D eigenvalue weighted by molar-refractivity contribution is 5.88. The Balaban J connectivity index is 2.30. The van der Waals surface area contributed by atoms with Gasteiger partial charge in [0.05, 0.1) is 6.61 Å². The van der Waals surface area contributed by atoms with E-state index in [4.69, 9.17) is 4.74 Å². The third-order valence-electron chi connectivity index (χ3n) is 2.22. The first-order chi connectivity index (χ1) is 7.22. The summed E-state index contributed by atoms with van der Waals surface area (Å²) in [6.45, 7) is 2.97. The summed E-state index contributed by atoms with van der Waals surface area (Å²) >= 11 is 0. The van der Waals surface area contributed by atoms with Crippen molar-refractivity contribution < 1.29 is 9.53 Å². The second kappa shape index (κ2) is 3.76. The Bertz CT molecular complexity index is 409. The monoisotopic (exact) mass is 207 g/mol. The molecule has 1 aromatic rings. The van der Waals surface area contributed by atoms with Crippen LogP contribution in [0.2, 0.25) is 0 Å². The molecule has 0 N–H and O–H groups in total. The first kappa shape index (κ1) is 9.76. The van der Waals surface area contributed by atoms with Crippen LogP contribution in [0, 0.1) is 0 Å². The molecule has 1 aliphatic heterocycles. The fourth-order valence-electron chi connectivity index (χ4n) is 1.48. The van der Waals surface area contributed by atoms with Crippen LogP contribution in [0.3, 0.4) is 0 Å². The van der Waals surface area contributed by atoms with E-state index in [0.29, 0.717) is 12.3 Å². The second-order valence-corrected chi connectivity index (χ2v) is 3.32. The Morgan fingerprint density at radius 1 is 1.67 bits per heavy atom. The SMILES string of the molecule is CCOC(=O)c1cc2n(n1)C=CCN2C. The molecule has 0 radical (unpaired) electrons. The van der Waals surface area contributed by atoms with Crippen molar-refractivity contribution in [1.82, 2.24) is 9.78 Å². The number of rotatable bonds is 2. The van der Waals surface area contributed by atoms with Gasteiger partial charge in [-0.05, 0) is 13.0 Å². The van der Waals surface area contributed by atoms with E-state index in [1.54, 1.807) is 17.7 Å². The lowest BCUT2D eigenvalue weighted by Crippen LogP contribution is -2.22. The van der Waals surface area contributed by atoms with E-state index in [1.165, 1.54) is 0 Å². The molecule has 0 unspecified atom stereocenters. The predicted octanol–water partition coefficient (Wildman–Crippen LogP) is 0.980. The van der Waals surface area contributed by atoms with Crippen molar-refractivity contribution in [3.05, 3.63) is 17.8 Å². The zero-order chi connectivity index (χ0) is 10.8. The van der Waals surface area contributed by atoms with Gasteiger partial charge in [-0.25, -0.2) is 9.48 Å². The van der Waals surface area contributed by atoms with E-state index in [0.717, 1.165) is 12.4 Å². The van der Waals surface area contributed by atoms with Gasteiger partial charge in [0.25, 0.3) is 0 Å². The highest BCUT2D eigenvalue weighted by Gasteiger charge is 2.17. The molecule has 0 bridgehead atoms.